The van der Waals surface area contributed by atoms with Crippen LogP contribution in [0.5, 0.6) is 5.75 Å². The Bertz CT molecular complexity index is 1490. The van der Waals surface area contributed by atoms with E-state index in [9.17, 15) is 14.7 Å². The number of nitrogens with zero attached hydrogens (tertiary/aromatic N) is 4. The van der Waals surface area contributed by atoms with Crippen LogP contribution in [0.1, 0.15) is 34.1 Å². The summed E-state index contributed by atoms with van der Waals surface area (Å²) in [5.74, 6) is -0.433. The molecule has 0 amide bonds. The van der Waals surface area contributed by atoms with Crippen LogP contribution in [0.4, 0.5) is 11.5 Å². The first-order valence-corrected chi connectivity index (χ1v) is 10.9. The highest BCUT2D eigenvalue weighted by atomic mass is 16.5. The van der Waals surface area contributed by atoms with Crippen molar-refractivity contribution in [1.82, 2.24) is 14.5 Å². The van der Waals surface area contributed by atoms with Crippen molar-refractivity contribution < 1.29 is 14.6 Å². The zero-order valence-electron chi connectivity index (χ0n) is 18.8. The summed E-state index contributed by atoms with van der Waals surface area (Å²) in [5.41, 5.74) is 9.80. The Morgan fingerprint density at radius 3 is 2.74 bits per heavy atom. The summed E-state index contributed by atoms with van der Waals surface area (Å²) < 4.78 is 7.59. The van der Waals surface area contributed by atoms with Gasteiger partial charge in [0.2, 0.25) is 5.43 Å². The molecule has 0 fully saturated rings. The fourth-order valence-corrected chi connectivity index (χ4v) is 4.40. The van der Waals surface area contributed by atoms with Gasteiger partial charge < -0.3 is 25.0 Å². The van der Waals surface area contributed by atoms with Gasteiger partial charge in [0.15, 0.2) is 0 Å². The minimum absolute atomic E-state index is 0.248. The Morgan fingerprint density at radius 2 is 2.03 bits per heavy atom. The number of aromatic nitrogens is 3. The monoisotopic (exact) mass is 457 g/mol. The van der Waals surface area contributed by atoms with Crippen LogP contribution >= 0.6 is 0 Å². The van der Waals surface area contributed by atoms with Gasteiger partial charge in [0, 0.05) is 18.9 Å². The molecule has 0 aliphatic carbocycles. The maximum atomic E-state index is 13.2. The van der Waals surface area contributed by atoms with Gasteiger partial charge in [-0.2, -0.15) is 0 Å². The lowest BCUT2D eigenvalue weighted by molar-refractivity contribution is 0.0695. The summed E-state index contributed by atoms with van der Waals surface area (Å²) in [6.07, 6.45) is 4.69. The van der Waals surface area contributed by atoms with Gasteiger partial charge in [0.1, 0.15) is 17.1 Å². The highest BCUT2D eigenvalue weighted by Crippen LogP contribution is 2.38. The second-order valence-electron chi connectivity index (χ2n) is 8.18. The molecule has 1 aromatic carbocycles. The van der Waals surface area contributed by atoms with Crippen molar-refractivity contribution in [2.45, 2.75) is 26.9 Å². The van der Waals surface area contributed by atoms with E-state index in [1.54, 1.807) is 29.1 Å². The van der Waals surface area contributed by atoms with Crippen molar-refractivity contribution in [3.8, 4) is 11.4 Å². The number of rotatable bonds is 5. The number of fused-ring (bicyclic) bond motifs is 2. The number of pyridine rings is 3. The minimum atomic E-state index is -1.30. The molecule has 34 heavy (non-hydrogen) atoms. The third-order valence-electron chi connectivity index (χ3n) is 6.01. The Labute approximate surface area is 195 Å². The summed E-state index contributed by atoms with van der Waals surface area (Å²) in [4.78, 5) is 35.9. The maximum Gasteiger partial charge on any atom is 0.341 e. The van der Waals surface area contributed by atoms with Gasteiger partial charge in [-0.05, 0) is 49.2 Å². The zero-order valence-corrected chi connectivity index (χ0v) is 18.8. The third kappa shape index (κ3) is 3.51. The molecule has 5 rings (SSSR count). The lowest BCUT2D eigenvalue weighted by Crippen LogP contribution is -2.21. The second-order valence-corrected chi connectivity index (χ2v) is 8.18. The number of hydrogen-bond acceptors (Lipinski definition) is 7. The lowest BCUT2D eigenvalue weighted by atomic mass is 10.1. The Hall–Kier alpha value is -4.40. The van der Waals surface area contributed by atoms with Crippen LogP contribution in [0, 0.1) is 6.92 Å². The first-order valence-electron chi connectivity index (χ1n) is 10.9. The van der Waals surface area contributed by atoms with Crippen molar-refractivity contribution in [2.75, 3.05) is 17.2 Å². The molecule has 172 valence electrons. The minimum Gasteiger partial charge on any atom is -0.492 e. The van der Waals surface area contributed by atoms with Gasteiger partial charge >= 0.3 is 5.97 Å². The van der Waals surface area contributed by atoms with Crippen LogP contribution < -0.4 is 20.8 Å². The number of nitrogen functional groups attached to an aromatic ring is 1. The number of aromatic carboxylic acids is 1. The van der Waals surface area contributed by atoms with Crippen LogP contribution in [0.15, 0.2) is 53.7 Å². The number of anilines is 2. The number of nitrogens with two attached hydrogens (primary N) is 1. The van der Waals surface area contributed by atoms with E-state index in [0.29, 0.717) is 42.5 Å². The van der Waals surface area contributed by atoms with E-state index in [1.807, 2.05) is 32.0 Å². The molecule has 9 heteroatoms. The first kappa shape index (κ1) is 21.4. The summed E-state index contributed by atoms with van der Waals surface area (Å²) in [6, 6.07) is 9.17. The third-order valence-corrected chi connectivity index (χ3v) is 6.01. The predicted octanol–water partition coefficient (Wildman–Crippen LogP) is 3.29. The van der Waals surface area contributed by atoms with E-state index in [4.69, 9.17) is 10.5 Å². The standard InChI is InChI=1S/C25H23N5O4/c1-3-34-22-8-16-19(9-20(22)29-11-15-5-4-6-27-18(15)13-29)30(12-17(24(16)31)25(32)33)21-10-28-23(26)7-14(21)2/h4-10,12H,3,11,13H2,1-2H3,(H2,26,28)(H,32,33). The number of hydrogen-bond donors (Lipinski definition) is 2. The van der Waals surface area contributed by atoms with Gasteiger partial charge in [-0.3, -0.25) is 9.78 Å². The Kier molecular flexibility index (Phi) is 5.16. The van der Waals surface area contributed by atoms with Crippen molar-refractivity contribution in [3.63, 3.8) is 0 Å². The van der Waals surface area contributed by atoms with E-state index in [2.05, 4.69) is 14.9 Å². The summed E-state index contributed by atoms with van der Waals surface area (Å²) in [7, 11) is 0. The number of aryl methyl sites for hydroxylation is 1. The molecular weight excluding hydrogens is 434 g/mol. The normalized spacial score (nSPS) is 12.7. The molecule has 1 aliphatic heterocycles. The molecule has 3 N–H and O–H groups in total. The van der Waals surface area contributed by atoms with Gasteiger partial charge in [0.25, 0.3) is 0 Å². The van der Waals surface area contributed by atoms with Gasteiger partial charge in [-0.1, -0.05) is 6.07 Å². The quantitative estimate of drug-likeness (QED) is 0.468. The molecule has 0 saturated carbocycles. The van der Waals surface area contributed by atoms with Crippen molar-refractivity contribution >= 4 is 28.4 Å². The van der Waals surface area contributed by atoms with E-state index < -0.39 is 11.4 Å². The highest BCUT2D eigenvalue weighted by molar-refractivity contribution is 5.95. The van der Waals surface area contributed by atoms with Crippen LogP contribution in [0.3, 0.4) is 0 Å². The van der Waals surface area contributed by atoms with Gasteiger partial charge in [-0.25, -0.2) is 9.78 Å². The molecule has 0 bridgehead atoms. The topological polar surface area (TPSA) is 124 Å². The number of carbonyl (C=O) groups is 1. The van der Waals surface area contributed by atoms with Crippen molar-refractivity contribution in [3.05, 3.63) is 81.5 Å². The van der Waals surface area contributed by atoms with Crippen LogP contribution in [0.25, 0.3) is 16.6 Å². The molecule has 0 radical (unpaired) electrons. The van der Waals surface area contributed by atoms with Crippen molar-refractivity contribution in [1.29, 1.82) is 0 Å². The highest BCUT2D eigenvalue weighted by Gasteiger charge is 2.25. The van der Waals surface area contributed by atoms with E-state index in [1.165, 1.54) is 6.20 Å². The number of carboxylic acid groups (broad SMARTS) is 1. The van der Waals surface area contributed by atoms with Crippen LogP contribution in [-0.2, 0) is 13.1 Å². The molecule has 0 unspecified atom stereocenters. The van der Waals surface area contributed by atoms with Crippen LogP contribution in [-0.4, -0.2) is 32.2 Å². The second kappa shape index (κ2) is 8.18. The summed E-state index contributed by atoms with van der Waals surface area (Å²) >= 11 is 0. The number of carboxylic acids is 1. The maximum absolute atomic E-state index is 13.2. The molecule has 0 saturated heterocycles. The first-order chi connectivity index (χ1) is 16.4. The van der Waals surface area contributed by atoms with Crippen molar-refractivity contribution in [2.24, 2.45) is 0 Å². The SMILES string of the molecule is CCOc1cc2c(=O)c(C(=O)O)cn(-c3cnc(N)cc3C)c2cc1N1Cc2cccnc2C1. The summed E-state index contributed by atoms with van der Waals surface area (Å²) in [5, 5.41) is 9.96. The van der Waals surface area contributed by atoms with E-state index >= 15 is 0 Å². The molecule has 4 aromatic rings. The molecular formula is C25H23N5O4. The van der Waals surface area contributed by atoms with Gasteiger partial charge in [-0.15, -0.1) is 0 Å². The molecule has 1 aliphatic rings. The number of ether oxygens (including phenoxy) is 1. The average Bonchev–Trinajstić information content (AvgIpc) is 3.24. The zero-order chi connectivity index (χ0) is 24.0. The molecule has 0 spiro atoms. The smallest absolute Gasteiger partial charge is 0.341 e. The predicted molar refractivity (Wildman–Crippen MR) is 129 cm³/mol. The van der Waals surface area contributed by atoms with Gasteiger partial charge in [0.05, 0.1) is 47.3 Å². The average molecular weight is 457 g/mol. The summed E-state index contributed by atoms with van der Waals surface area (Å²) in [6.45, 7) is 5.36. The Balaban J connectivity index is 1.79. The molecule has 3 aromatic heterocycles. The van der Waals surface area contributed by atoms with Crippen LogP contribution in [0.2, 0.25) is 0 Å². The largest absolute Gasteiger partial charge is 0.492 e. The molecule has 9 nitrogen and oxygen atoms in total. The van der Waals surface area contributed by atoms with E-state index in [0.717, 1.165) is 22.5 Å². The fraction of sp³-hybridized carbons (Fsp3) is 0.200. The lowest BCUT2D eigenvalue weighted by Gasteiger charge is -2.23. The molecule has 4 heterocycles. The Morgan fingerprint density at radius 1 is 1.21 bits per heavy atom. The number of benzene rings is 1. The molecule has 0 atom stereocenters. The van der Waals surface area contributed by atoms with E-state index in [-0.39, 0.29) is 10.9 Å². The fourth-order valence-electron chi connectivity index (χ4n) is 4.40.